The quantitative estimate of drug-likeness (QED) is 0.881. The Morgan fingerprint density at radius 3 is 2.84 bits per heavy atom. The van der Waals surface area contributed by atoms with Crippen LogP contribution in [0.2, 0.25) is 0 Å². The molecular formula is C16H25N3. The second-order valence-corrected chi connectivity index (χ2v) is 7.03. The third-order valence-corrected chi connectivity index (χ3v) is 5.66. The number of fused-ring (bicyclic) bond motifs is 2. The third-order valence-electron chi connectivity index (χ3n) is 5.66. The first-order chi connectivity index (χ1) is 9.29. The van der Waals surface area contributed by atoms with E-state index in [1.807, 2.05) is 0 Å². The highest BCUT2D eigenvalue weighted by Crippen LogP contribution is 2.48. The molecule has 3 atom stereocenters. The Morgan fingerprint density at radius 2 is 2.16 bits per heavy atom. The molecule has 3 aliphatic carbocycles. The fourth-order valence-corrected chi connectivity index (χ4v) is 4.21. The van der Waals surface area contributed by atoms with E-state index in [9.17, 15) is 0 Å². The largest absolute Gasteiger partial charge is 0.310 e. The molecule has 4 rings (SSSR count). The summed E-state index contributed by atoms with van der Waals surface area (Å²) in [5.74, 6) is 2.95. The maximum Gasteiger partial charge on any atom is 0.0537 e. The van der Waals surface area contributed by atoms with E-state index < -0.39 is 0 Å². The molecule has 3 unspecified atom stereocenters. The molecule has 0 aromatic carbocycles. The van der Waals surface area contributed by atoms with Crippen molar-refractivity contribution < 1.29 is 0 Å². The van der Waals surface area contributed by atoms with Crippen molar-refractivity contribution in [2.24, 2.45) is 17.8 Å². The molecule has 1 aromatic heterocycles. The Morgan fingerprint density at radius 1 is 1.26 bits per heavy atom. The van der Waals surface area contributed by atoms with Crippen LogP contribution in [0.25, 0.3) is 0 Å². The molecule has 0 radical (unpaired) electrons. The zero-order chi connectivity index (χ0) is 12.8. The highest BCUT2D eigenvalue weighted by Gasteiger charge is 2.39. The first-order valence-electron chi connectivity index (χ1n) is 8.04. The molecule has 3 saturated carbocycles. The fraction of sp³-hybridized carbons (Fsp3) is 0.812. The molecule has 1 aromatic rings. The summed E-state index contributed by atoms with van der Waals surface area (Å²) in [5.41, 5.74) is 2.78. The van der Waals surface area contributed by atoms with Crippen LogP contribution in [0.15, 0.2) is 6.20 Å². The van der Waals surface area contributed by atoms with Crippen LogP contribution in [0.3, 0.4) is 0 Å². The van der Waals surface area contributed by atoms with E-state index >= 15 is 0 Å². The maximum absolute atomic E-state index is 4.64. The molecule has 1 heterocycles. The molecular weight excluding hydrogens is 234 g/mol. The van der Waals surface area contributed by atoms with Crippen LogP contribution < -0.4 is 5.32 Å². The Labute approximate surface area is 115 Å². The van der Waals surface area contributed by atoms with E-state index in [-0.39, 0.29) is 0 Å². The predicted molar refractivity (Wildman–Crippen MR) is 75.8 cm³/mol. The minimum atomic E-state index is 0.785. The molecule has 3 aliphatic rings. The van der Waals surface area contributed by atoms with Crippen molar-refractivity contribution >= 4 is 0 Å². The van der Waals surface area contributed by atoms with E-state index in [2.05, 4.69) is 28.2 Å². The van der Waals surface area contributed by atoms with Crippen LogP contribution in [-0.4, -0.2) is 15.8 Å². The molecule has 19 heavy (non-hydrogen) atoms. The standard InChI is InChI=1S/C16H25N3/c1-11-15(8-17-16-4-5-16)9-18-19(11)10-14-7-12-2-3-13(14)6-12/h9,12-14,16-17H,2-8,10H2,1H3. The summed E-state index contributed by atoms with van der Waals surface area (Å²) in [6, 6.07) is 0.785. The first kappa shape index (κ1) is 12.0. The third kappa shape index (κ3) is 2.33. The molecule has 2 bridgehead atoms. The second kappa shape index (κ2) is 4.62. The Bertz CT molecular complexity index is 461. The van der Waals surface area contributed by atoms with E-state index in [1.54, 1.807) is 0 Å². The topological polar surface area (TPSA) is 29.9 Å². The Kier molecular flexibility index (Phi) is 2.91. The summed E-state index contributed by atoms with van der Waals surface area (Å²) < 4.78 is 2.27. The van der Waals surface area contributed by atoms with E-state index in [0.717, 1.165) is 36.9 Å². The lowest BCUT2D eigenvalue weighted by Gasteiger charge is -2.22. The molecule has 3 heteroatoms. The van der Waals surface area contributed by atoms with Gasteiger partial charge in [-0.3, -0.25) is 4.68 Å². The highest BCUT2D eigenvalue weighted by atomic mass is 15.3. The monoisotopic (exact) mass is 259 g/mol. The molecule has 1 N–H and O–H groups in total. The normalized spacial score (nSPS) is 33.2. The van der Waals surface area contributed by atoms with Gasteiger partial charge in [-0.05, 0) is 56.8 Å². The number of rotatable bonds is 5. The van der Waals surface area contributed by atoms with Gasteiger partial charge in [-0.1, -0.05) is 6.42 Å². The van der Waals surface area contributed by atoms with Crippen molar-refractivity contribution in [3.8, 4) is 0 Å². The van der Waals surface area contributed by atoms with Gasteiger partial charge in [0.25, 0.3) is 0 Å². The van der Waals surface area contributed by atoms with Crippen LogP contribution in [0, 0.1) is 24.7 Å². The number of nitrogens with zero attached hydrogens (tertiary/aromatic N) is 2. The molecule has 3 nitrogen and oxygen atoms in total. The van der Waals surface area contributed by atoms with Crippen LogP contribution in [-0.2, 0) is 13.1 Å². The molecule has 0 aliphatic heterocycles. The molecule has 0 amide bonds. The van der Waals surface area contributed by atoms with Gasteiger partial charge in [0.15, 0.2) is 0 Å². The van der Waals surface area contributed by atoms with Crippen molar-refractivity contribution in [2.75, 3.05) is 0 Å². The van der Waals surface area contributed by atoms with Gasteiger partial charge in [0.2, 0.25) is 0 Å². The van der Waals surface area contributed by atoms with Gasteiger partial charge in [0.1, 0.15) is 0 Å². The Hall–Kier alpha value is -0.830. The average Bonchev–Trinajstić information content (AvgIpc) is 2.85. The minimum absolute atomic E-state index is 0.785. The fourth-order valence-electron chi connectivity index (χ4n) is 4.21. The zero-order valence-corrected chi connectivity index (χ0v) is 11.9. The van der Waals surface area contributed by atoms with Gasteiger partial charge in [-0.2, -0.15) is 5.10 Å². The second-order valence-electron chi connectivity index (χ2n) is 7.03. The predicted octanol–water partition coefficient (Wildman–Crippen LogP) is 2.88. The van der Waals surface area contributed by atoms with Crippen molar-refractivity contribution in [1.29, 1.82) is 0 Å². The number of hydrogen-bond donors (Lipinski definition) is 1. The smallest absolute Gasteiger partial charge is 0.0537 e. The van der Waals surface area contributed by atoms with Crippen molar-refractivity contribution in [2.45, 2.75) is 64.6 Å². The molecule has 3 fully saturated rings. The first-order valence-corrected chi connectivity index (χ1v) is 8.04. The maximum atomic E-state index is 4.64. The number of nitrogens with one attached hydrogen (secondary N) is 1. The van der Waals surface area contributed by atoms with E-state index in [1.165, 1.54) is 49.8 Å². The molecule has 104 valence electrons. The summed E-state index contributed by atoms with van der Waals surface area (Å²) in [5, 5.41) is 8.23. The van der Waals surface area contributed by atoms with Gasteiger partial charge in [0, 0.05) is 30.4 Å². The lowest BCUT2D eigenvalue weighted by molar-refractivity contribution is 0.283. The van der Waals surface area contributed by atoms with Gasteiger partial charge < -0.3 is 5.32 Å². The summed E-state index contributed by atoms with van der Waals surface area (Å²) in [4.78, 5) is 0. The molecule has 0 saturated heterocycles. The van der Waals surface area contributed by atoms with Gasteiger partial charge >= 0.3 is 0 Å². The number of aromatic nitrogens is 2. The van der Waals surface area contributed by atoms with Gasteiger partial charge in [-0.15, -0.1) is 0 Å². The summed E-state index contributed by atoms with van der Waals surface area (Å²) in [6.07, 6.45) is 10.7. The SMILES string of the molecule is Cc1c(CNC2CC2)cnn1CC1CC2CCC1C2. The van der Waals surface area contributed by atoms with Crippen molar-refractivity contribution in [3.63, 3.8) is 0 Å². The molecule has 0 spiro atoms. The van der Waals surface area contributed by atoms with Crippen LogP contribution in [0.1, 0.15) is 49.8 Å². The van der Waals surface area contributed by atoms with Gasteiger partial charge in [0.05, 0.1) is 6.20 Å². The van der Waals surface area contributed by atoms with Crippen molar-refractivity contribution in [3.05, 3.63) is 17.5 Å². The van der Waals surface area contributed by atoms with Crippen LogP contribution >= 0.6 is 0 Å². The summed E-state index contributed by atoms with van der Waals surface area (Å²) in [7, 11) is 0. The van der Waals surface area contributed by atoms with E-state index in [4.69, 9.17) is 0 Å². The number of hydrogen-bond acceptors (Lipinski definition) is 2. The lowest BCUT2D eigenvalue weighted by Crippen LogP contribution is -2.19. The zero-order valence-electron chi connectivity index (χ0n) is 11.9. The minimum Gasteiger partial charge on any atom is -0.310 e. The van der Waals surface area contributed by atoms with Gasteiger partial charge in [-0.25, -0.2) is 0 Å². The highest BCUT2D eigenvalue weighted by molar-refractivity contribution is 5.16. The van der Waals surface area contributed by atoms with Crippen LogP contribution in [0.4, 0.5) is 0 Å². The van der Waals surface area contributed by atoms with E-state index in [0.29, 0.717) is 0 Å². The average molecular weight is 259 g/mol. The summed E-state index contributed by atoms with van der Waals surface area (Å²) >= 11 is 0. The Balaban J connectivity index is 1.40. The summed E-state index contributed by atoms with van der Waals surface area (Å²) in [6.45, 7) is 4.41. The van der Waals surface area contributed by atoms with Crippen molar-refractivity contribution in [1.82, 2.24) is 15.1 Å². The lowest BCUT2D eigenvalue weighted by atomic mass is 9.89. The van der Waals surface area contributed by atoms with Crippen LogP contribution in [0.5, 0.6) is 0 Å².